The molecule has 34 heavy (non-hydrogen) atoms. The van der Waals surface area contributed by atoms with E-state index in [1.54, 1.807) is 41.3 Å². The van der Waals surface area contributed by atoms with Gasteiger partial charge in [-0.25, -0.2) is 0 Å². The van der Waals surface area contributed by atoms with Gasteiger partial charge in [0.2, 0.25) is 0 Å². The van der Waals surface area contributed by atoms with Crippen molar-refractivity contribution in [2.75, 3.05) is 11.5 Å². The van der Waals surface area contributed by atoms with E-state index in [1.165, 1.54) is 0 Å². The summed E-state index contributed by atoms with van der Waals surface area (Å²) in [5.41, 5.74) is 0.566. The zero-order valence-corrected chi connectivity index (χ0v) is 18.9. The summed E-state index contributed by atoms with van der Waals surface area (Å²) in [6.45, 7) is 2.73. The molecule has 0 fully saturated rings. The Labute approximate surface area is 198 Å². The van der Waals surface area contributed by atoms with Crippen molar-refractivity contribution in [3.63, 3.8) is 0 Å². The van der Waals surface area contributed by atoms with E-state index in [4.69, 9.17) is 4.74 Å². The second-order valence-electron chi connectivity index (χ2n) is 8.46. The van der Waals surface area contributed by atoms with Gasteiger partial charge in [0.1, 0.15) is 5.75 Å². The smallest absolute Gasteiger partial charge is 0.264 e. The average Bonchev–Trinajstić information content (AvgIpc) is 3.07. The van der Waals surface area contributed by atoms with Gasteiger partial charge in [0, 0.05) is 11.1 Å². The fraction of sp³-hybridized carbons (Fsp3) is 0.172. The molecule has 0 aliphatic carbocycles. The Balaban J connectivity index is 1.47. The molecule has 5 nitrogen and oxygen atoms in total. The number of anilines is 1. The molecule has 0 radical (unpaired) electrons. The number of carbonyl (C=O) groups is 2. The molecule has 1 aliphatic heterocycles. The largest absolute Gasteiger partial charge is 0.494 e. The lowest BCUT2D eigenvalue weighted by Gasteiger charge is -2.23. The van der Waals surface area contributed by atoms with Crippen LogP contribution in [0.3, 0.4) is 0 Å². The number of aliphatic hydroxyl groups is 1. The second-order valence-corrected chi connectivity index (χ2v) is 8.46. The maximum Gasteiger partial charge on any atom is 0.264 e. The van der Waals surface area contributed by atoms with Crippen LogP contribution in [0.5, 0.6) is 5.75 Å². The Hall–Kier alpha value is -3.96. The van der Waals surface area contributed by atoms with Gasteiger partial charge < -0.3 is 14.7 Å². The summed E-state index contributed by atoms with van der Waals surface area (Å²) in [6, 6.07) is 27.9. The maximum atomic E-state index is 13.6. The molecule has 1 N–H and O–H groups in total. The number of benzene rings is 4. The van der Waals surface area contributed by atoms with Crippen LogP contribution in [0, 0.1) is 0 Å². The van der Waals surface area contributed by atoms with Crippen molar-refractivity contribution in [3.8, 4) is 5.75 Å². The molecule has 4 aromatic rings. The number of amides is 1. The number of hydrogen-bond acceptors (Lipinski definition) is 4. The Morgan fingerprint density at radius 1 is 0.912 bits per heavy atom. The molecular formula is C29H25NO4. The minimum absolute atomic E-state index is 0.302. The van der Waals surface area contributed by atoms with Crippen molar-refractivity contribution >= 4 is 28.2 Å². The predicted octanol–water partition coefficient (Wildman–Crippen LogP) is 5.25. The number of hydrogen-bond donors (Lipinski definition) is 1. The standard InChI is InChI=1S/C29H25NO4/c1-2-34-23-16-14-21(15-17-23)27(31)18-29(33)25-12-5-6-13-26(25)30(28(29)32)19-22-10-7-9-20-8-3-4-11-24(20)22/h3-17,33H,2,18-19H2,1H3/t29-/m0/s1. The van der Waals surface area contributed by atoms with Crippen molar-refractivity contribution in [1.29, 1.82) is 0 Å². The second kappa shape index (κ2) is 8.76. The summed E-state index contributed by atoms with van der Waals surface area (Å²) in [4.78, 5) is 28.3. The van der Waals surface area contributed by atoms with Crippen LogP contribution in [0.15, 0.2) is 91.0 Å². The Morgan fingerprint density at radius 3 is 2.41 bits per heavy atom. The first kappa shape index (κ1) is 21.9. The van der Waals surface area contributed by atoms with Crippen LogP contribution in [0.1, 0.15) is 34.8 Å². The molecule has 0 saturated heterocycles. The third-order valence-electron chi connectivity index (χ3n) is 6.35. The molecule has 1 heterocycles. The maximum absolute atomic E-state index is 13.6. The monoisotopic (exact) mass is 451 g/mol. The Bertz CT molecular complexity index is 1370. The molecule has 0 bridgehead atoms. The number of Topliss-reactive ketones (excluding diaryl/α,β-unsaturated/α-hetero) is 1. The minimum atomic E-state index is -1.92. The first-order chi connectivity index (χ1) is 16.5. The van der Waals surface area contributed by atoms with Crippen LogP contribution in [-0.2, 0) is 16.9 Å². The lowest BCUT2D eigenvalue weighted by atomic mass is 9.88. The first-order valence-electron chi connectivity index (χ1n) is 11.4. The Kier molecular flexibility index (Phi) is 5.64. The van der Waals surface area contributed by atoms with E-state index in [2.05, 4.69) is 0 Å². The van der Waals surface area contributed by atoms with E-state index in [0.717, 1.165) is 16.3 Å². The minimum Gasteiger partial charge on any atom is -0.494 e. The van der Waals surface area contributed by atoms with Gasteiger partial charge in [0.25, 0.3) is 5.91 Å². The van der Waals surface area contributed by atoms with Crippen LogP contribution in [0.4, 0.5) is 5.69 Å². The quantitative estimate of drug-likeness (QED) is 0.390. The molecule has 1 amide bonds. The van der Waals surface area contributed by atoms with Gasteiger partial charge in [-0.2, -0.15) is 0 Å². The summed E-state index contributed by atoms with van der Waals surface area (Å²) in [6.07, 6.45) is -0.330. The fourth-order valence-corrected chi connectivity index (χ4v) is 4.67. The molecule has 0 spiro atoms. The highest BCUT2D eigenvalue weighted by atomic mass is 16.5. The molecule has 1 aliphatic rings. The van der Waals surface area contributed by atoms with Gasteiger partial charge >= 0.3 is 0 Å². The van der Waals surface area contributed by atoms with Crippen LogP contribution >= 0.6 is 0 Å². The lowest BCUT2D eigenvalue weighted by molar-refractivity contribution is -0.136. The molecule has 170 valence electrons. The molecule has 1 atom stereocenters. The van der Waals surface area contributed by atoms with Gasteiger partial charge in [0.05, 0.1) is 25.3 Å². The first-order valence-corrected chi connectivity index (χ1v) is 11.4. The van der Waals surface area contributed by atoms with Crippen molar-refractivity contribution in [1.82, 2.24) is 0 Å². The summed E-state index contributed by atoms with van der Waals surface area (Å²) in [5.74, 6) is -0.122. The molecule has 4 aromatic carbocycles. The number of ketones is 1. The van der Waals surface area contributed by atoms with Crippen LogP contribution in [-0.4, -0.2) is 23.4 Å². The molecule has 0 saturated carbocycles. The van der Waals surface area contributed by atoms with Crippen molar-refractivity contribution < 1.29 is 19.4 Å². The Morgan fingerprint density at radius 2 is 1.62 bits per heavy atom. The highest BCUT2D eigenvalue weighted by Gasteiger charge is 2.50. The van der Waals surface area contributed by atoms with Gasteiger partial charge in [-0.1, -0.05) is 60.7 Å². The topological polar surface area (TPSA) is 66.8 Å². The number of rotatable bonds is 7. The van der Waals surface area contributed by atoms with E-state index < -0.39 is 11.5 Å². The van der Waals surface area contributed by atoms with Crippen LogP contribution in [0.25, 0.3) is 10.8 Å². The summed E-state index contributed by atoms with van der Waals surface area (Å²) >= 11 is 0. The van der Waals surface area contributed by atoms with E-state index in [0.29, 0.717) is 35.7 Å². The third-order valence-corrected chi connectivity index (χ3v) is 6.35. The van der Waals surface area contributed by atoms with Crippen LogP contribution in [0.2, 0.25) is 0 Å². The van der Waals surface area contributed by atoms with Gasteiger partial charge in [0.15, 0.2) is 11.4 Å². The van der Waals surface area contributed by atoms with Crippen molar-refractivity contribution in [3.05, 3.63) is 108 Å². The SMILES string of the molecule is CCOc1ccc(C(=O)C[C@@]2(O)C(=O)N(Cc3cccc4ccccc34)c3ccccc32)cc1. The van der Waals surface area contributed by atoms with Gasteiger partial charge in [-0.3, -0.25) is 9.59 Å². The number of carbonyl (C=O) groups excluding carboxylic acids is 2. The van der Waals surface area contributed by atoms with E-state index in [-0.39, 0.29) is 12.2 Å². The summed E-state index contributed by atoms with van der Waals surface area (Å²) in [5, 5.41) is 13.7. The highest BCUT2D eigenvalue weighted by molar-refractivity contribution is 6.11. The average molecular weight is 452 g/mol. The van der Waals surface area contributed by atoms with Gasteiger partial charge in [-0.05, 0) is 53.6 Å². The lowest BCUT2D eigenvalue weighted by Crippen LogP contribution is -2.41. The summed E-state index contributed by atoms with van der Waals surface area (Å²) in [7, 11) is 0. The van der Waals surface area contributed by atoms with Crippen molar-refractivity contribution in [2.45, 2.75) is 25.5 Å². The van der Waals surface area contributed by atoms with E-state index in [1.807, 2.05) is 61.5 Å². The molecular weight excluding hydrogens is 426 g/mol. The zero-order valence-electron chi connectivity index (χ0n) is 18.9. The fourth-order valence-electron chi connectivity index (χ4n) is 4.67. The number of ether oxygens (including phenoxy) is 1. The van der Waals surface area contributed by atoms with E-state index in [9.17, 15) is 14.7 Å². The third kappa shape index (κ3) is 3.74. The highest BCUT2D eigenvalue weighted by Crippen LogP contribution is 2.44. The molecule has 0 unspecified atom stereocenters. The van der Waals surface area contributed by atoms with Gasteiger partial charge in [-0.15, -0.1) is 0 Å². The number of fused-ring (bicyclic) bond motifs is 2. The summed E-state index contributed by atoms with van der Waals surface area (Å²) < 4.78 is 5.44. The number of nitrogens with zero attached hydrogens (tertiary/aromatic N) is 1. The normalized spacial score (nSPS) is 17.1. The molecule has 5 heteroatoms. The van der Waals surface area contributed by atoms with Crippen molar-refractivity contribution in [2.24, 2.45) is 0 Å². The molecule has 5 rings (SSSR count). The molecule has 0 aromatic heterocycles. The number of para-hydroxylation sites is 1. The van der Waals surface area contributed by atoms with Crippen LogP contribution < -0.4 is 9.64 Å². The van der Waals surface area contributed by atoms with E-state index >= 15 is 0 Å². The zero-order chi connectivity index (χ0) is 23.7. The predicted molar refractivity (Wildman–Crippen MR) is 132 cm³/mol.